The molecule has 0 aliphatic heterocycles. The van der Waals surface area contributed by atoms with E-state index in [-0.39, 0.29) is 11.8 Å². The molecule has 0 saturated heterocycles. The maximum Gasteiger partial charge on any atom is 0.255 e. The van der Waals surface area contributed by atoms with Crippen molar-refractivity contribution in [1.82, 2.24) is 24.6 Å². The summed E-state index contributed by atoms with van der Waals surface area (Å²) in [5, 5.41) is 24.8. The van der Waals surface area contributed by atoms with Crippen LogP contribution in [0.4, 0.5) is 5.69 Å². The van der Waals surface area contributed by atoms with E-state index in [1.807, 2.05) is 36.6 Å². The third kappa shape index (κ3) is 3.00. The molecule has 26 heavy (non-hydrogen) atoms. The number of hydrogen-bond acceptors (Lipinski definition) is 7. The van der Waals surface area contributed by atoms with Gasteiger partial charge in [-0.1, -0.05) is 30.0 Å². The molecule has 0 unspecified atom stereocenters. The third-order valence-corrected chi connectivity index (χ3v) is 4.20. The second kappa shape index (κ2) is 6.52. The Kier molecular flexibility index (Phi) is 4.05. The van der Waals surface area contributed by atoms with E-state index in [0.717, 1.165) is 5.69 Å². The van der Waals surface area contributed by atoms with Crippen molar-refractivity contribution in [2.24, 2.45) is 4.99 Å². The molecule has 3 heterocycles. The quantitative estimate of drug-likeness (QED) is 0.472. The van der Waals surface area contributed by atoms with Gasteiger partial charge in [0.1, 0.15) is 0 Å². The summed E-state index contributed by atoms with van der Waals surface area (Å²) < 4.78 is 1.54. The van der Waals surface area contributed by atoms with Crippen molar-refractivity contribution in [2.45, 2.75) is 5.16 Å². The Balaban J connectivity index is 1.98. The smallest absolute Gasteiger partial charge is 0.255 e. The first-order chi connectivity index (χ1) is 12.6. The molecule has 0 aliphatic rings. The van der Waals surface area contributed by atoms with Gasteiger partial charge in [-0.3, -0.25) is 4.98 Å². The van der Waals surface area contributed by atoms with Crippen LogP contribution < -0.4 is 10.8 Å². The van der Waals surface area contributed by atoms with Crippen LogP contribution in [0.15, 0.2) is 52.7 Å². The molecule has 0 amide bonds. The van der Waals surface area contributed by atoms with Crippen molar-refractivity contribution >= 4 is 29.2 Å². The van der Waals surface area contributed by atoms with Gasteiger partial charge in [-0.15, -0.1) is 0 Å². The molecular formula is C17H14N6O2S. The minimum Gasteiger partial charge on any atom is -0.494 e. The number of H-pyrrole nitrogens is 1. The standard InChI is InChI=1S/C17H14N6O2S/c1-26-17-21-14-11(7-10-8-13(24)20-15(10)25)9-18-23(14)16(22-17)19-12-5-3-2-4-6-12/h2-9,20,24-25H,1H3. The fraction of sp³-hybridized carbons (Fsp3) is 0.0588. The Hall–Kier alpha value is -3.33. The van der Waals surface area contributed by atoms with Crippen LogP contribution in [0.5, 0.6) is 11.8 Å². The van der Waals surface area contributed by atoms with Crippen LogP contribution in [-0.2, 0) is 0 Å². The first-order valence-corrected chi connectivity index (χ1v) is 8.89. The summed E-state index contributed by atoms with van der Waals surface area (Å²) in [7, 11) is 0. The van der Waals surface area contributed by atoms with Crippen LogP contribution in [0, 0.1) is 0 Å². The summed E-state index contributed by atoms with van der Waals surface area (Å²) in [6, 6.07) is 10.9. The van der Waals surface area contributed by atoms with E-state index >= 15 is 0 Å². The lowest BCUT2D eigenvalue weighted by Crippen LogP contribution is -2.22. The SMILES string of the molecule is CSc1nc(=Nc2ccccc2)n2ncc(=Cc3cc(O)[nH]c3O)c2n1. The van der Waals surface area contributed by atoms with E-state index in [2.05, 4.69) is 25.0 Å². The maximum atomic E-state index is 9.82. The Morgan fingerprint density at radius 1 is 1.19 bits per heavy atom. The van der Waals surface area contributed by atoms with E-state index in [4.69, 9.17) is 0 Å². The van der Waals surface area contributed by atoms with E-state index in [0.29, 0.717) is 27.2 Å². The number of thioether (sulfide) groups is 1. The summed E-state index contributed by atoms with van der Waals surface area (Å²) >= 11 is 1.40. The summed E-state index contributed by atoms with van der Waals surface area (Å²) in [5.41, 5.74) is 2.16. The second-order valence-electron chi connectivity index (χ2n) is 5.40. The van der Waals surface area contributed by atoms with E-state index in [9.17, 15) is 10.2 Å². The van der Waals surface area contributed by atoms with E-state index in [1.165, 1.54) is 17.8 Å². The van der Waals surface area contributed by atoms with Crippen LogP contribution >= 0.6 is 11.8 Å². The number of aromatic amines is 1. The first kappa shape index (κ1) is 16.2. The van der Waals surface area contributed by atoms with Gasteiger partial charge in [-0.25, -0.2) is 9.98 Å². The van der Waals surface area contributed by atoms with Crippen molar-refractivity contribution < 1.29 is 10.2 Å². The number of hydrogen-bond donors (Lipinski definition) is 3. The molecule has 0 atom stereocenters. The van der Waals surface area contributed by atoms with Crippen molar-refractivity contribution in [3.05, 3.63) is 59.0 Å². The highest BCUT2D eigenvalue weighted by molar-refractivity contribution is 7.98. The van der Waals surface area contributed by atoms with Gasteiger partial charge in [0.05, 0.1) is 11.9 Å². The summed E-state index contributed by atoms with van der Waals surface area (Å²) in [5.74, 6) is -0.250. The first-order valence-electron chi connectivity index (χ1n) is 7.66. The third-order valence-electron chi connectivity index (χ3n) is 3.65. The average Bonchev–Trinajstić information content (AvgIpc) is 3.19. The Morgan fingerprint density at radius 3 is 2.69 bits per heavy atom. The van der Waals surface area contributed by atoms with Crippen molar-refractivity contribution in [2.75, 3.05) is 6.26 Å². The van der Waals surface area contributed by atoms with Gasteiger partial charge in [-0.2, -0.15) is 14.6 Å². The summed E-state index contributed by atoms with van der Waals surface area (Å²) in [6.45, 7) is 0. The molecule has 3 N–H and O–H groups in total. The molecule has 4 rings (SSSR count). The minimum absolute atomic E-state index is 0.121. The molecule has 0 bridgehead atoms. The highest BCUT2D eigenvalue weighted by Gasteiger charge is 2.08. The monoisotopic (exact) mass is 366 g/mol. The largest absolute Gasteiger partial charge is 0.494 e. The second-order valence-corrected chi connectivity index (χ2v) is 6.17. The molecule has 0 aliphatic carbocycles. The van der Waals surface area contributed by atoms with E-state index < -0.39 is 0 Å². The average molecular weight is 366 g/mol. The van der Waals surface area contributed by atoms with E-state index in [1.54, 1.807) is 16.8 Å². The van der Waals surface area contributed by atoms with Crippen LogP contribution in [0.1, 0.15) is 5.56 Å². The molecular weight excluding hydrogens is 352 g/mol. The van der Waals surface area contributed by atoms with Gasteiger partial charge in [0.25, 0.3) is 5.62 Å². The van der Waals surface area contributed by atoms with Gasteiger partial charge in [0.2, 0.25) is 0 Å². The van der Waals surface area contributed by atoms with Gasteiger partial charge >= 0.3 is 0 Å². The predicted octanol–water partition coefficient (Wildman–Crippen LogP) is 1.37. The van der Waals surface area contributed by atoms with Gasteiger partial charge in [0.15, 0.2) is 22.6 Å². The number of benzene rings is 1. The molecule has 130 valence electrons. The minimum atomic E-state index is -0.129. The molecule has 0 spiro atoms. The molecule has 0 radical (unpaired) electrons. The lowest BCUT2D eigenvalue weighted by atomic mass is 10.2. The molecule has 0 fully saturated rings. The maximum absolute atomic E-state index is 9.82. The zero-order chi connectivity index (χ0) is 18.1. The molecule has 1 aromatic carbocycles. The predicted molar refractivity (Wildman–Crippen MR) is 97.1 cm³/mol. The van der Waals surface area contributed by atoms with Crippen molar-refractivity contribution in [3.8, 4) is 11.8 Å². The zero-order valence-electron chi connectivity index (χ0n) is 13.7. The number of aromatic nitrogens is 5. The topological polar surface area (TPSA) is 112 Å². The Bertz CT molecular complexity index is 1200. The van der Waals surface area contributed by atoms with Crippen LogP contribution in [0.3, 0.4) is 0 Å². The summed E-state index contributed by atoms with van der Waals surface area (Å²) in [4.78, 5) is 15.9. The molecule has 4 aromatic rings. The zero-order valence-corrected chi connectivity index (χ0v) is 14.5. The van der Waals surface area contributed by atoms with Crippen molar-refractivity contribution in [1.29, 1.82) is 0 Å². The summed E-state index contributed by atoms with van der Waals surface area (Å²) in [6.07, 6.45) is 5.17. The molecule has 9 heteroatoms. The Labute approximate surface area is 151 Å². The fourth-order valence-corrected chi connectivity index (χ4v) is 2.82. The number of rotatable bonds is 3. The highest BCUT2D eigenvalue weighted by atomic mass is 32.2. The van der Waals surface area contributed by atoms with Gasteiger partial charge in [0, 0.05) is 16.8 Å². The normalized spacial score (nSPS) is 13.0. The van der Waals surface area contributed by atoms with Gasteiger partial charge in [-0.05, 0) is 24.5 Å². The fourth-order valence-electron chi connectivity index (χ4n) is 2.47. The van der Waals surface area contributed by atoms with Crippen molar-refractivity contribution in [3.63, 3.8) is 0 Å². The van der Waals surface area contributed by atoms with Crippen LogP contribution in [0.25, 0.3) is 11.7 Å². The highest BCUT2D eigenvalue weighted by Crippen LogP contribution is 2.21. The Morgan fingerprint density at radius 2 is 2.00 bits per heavy atom. The molecule has 8 nitrogen and oxygen atoms in total. The number of nitrogens with one attached hydrogen (secondary N) is 1. The number of aromatic hydroxyl groups is 2. The number of para-hydroxylation sites is 1. The number of nitrogens with zero attached hydrogens (tertiary/aromatic N) is 5. The van der Waals surface area contributed by atoms with Gasteiger partial charge < -0.3 is 10.2 Å². The van der Waals surface area contributed by atoms with Crippen LogP contribution in [-0.4, -0.2) is 41.0 Å². The molecule has 0 saturated carbocycles. The van der Waals surface area contributed by atoms with Crippen LogP contribution in [0.2, 0.25) is 0 Å². The lowest BCUT2D eigenvalue weighted by molar-refractivity contribution is 0.425. The number of fused-ring (bicyclic) bond motifs is 1. The lowest BCUT2D eigenvalue weighted by Gasteiger charge is -1.98. The molecule has 3 aromatic heterocycles.